The summed E-state index contributed by atoms with van der Waals surface area (Å²) < 4.78 is 53.2. The molecule has 1 aliphatic heterocycles. The first-order chi connectivity index (χ1) is 23.0. The minimum absolute atomic E-state index is 0.0917. The van der Waals surface area contributed by atoms with Crippen molar-refractivity contribution in [1.29, 1.82) is 0 Å². The number of amides is 1. The van der Waals surface area contributed by atoms with E-state index in [1.165, 1.54) is 6.07 Å². The number of morpholine rings is 1. The Morgan fingerprint density at radius 2 is 1.71 bits per heavy atom. The van der Waals surface area contributed by atoms with Gasteiger partial charge in [0.1, 0.15) is 24.7 Å². The normalized spacial score (nSPS) is 21.9. The van der Waals surface area contributed by atoms with Gasteiger partial charge in [-0.1, -0.05) is 46.2 Å². The van der Waals surface area contributed by atoms with Crippen LogP contribution in [0.5, 0.6) is 0 Å². The molecule has 2 aromatic heterocycles. The van der Waals surface area contributed by atoms with Gasteiger partial charge in [-0.2, -0.15) is 5.10 Å². The van der Waals surface area contributed by atoms with Crippen LogP contribution < -0.4 is 5.32 Å². The Kier molecular flexibility index (Phi) is 10.3. The summed E-state index contributed by atoms with van der Waals surface area (Å²) in [6.07, 6.45) is 2.90. The molecule has 1 unspecified atom stereocenters. The lowest BCUT2D eigenvalue weighted by molar-refractivity contribution is -0.122. The molecule has 0 spiro atoms. The van der Waals surface area contributed by atoms with Crippen molar-refractivity contribution >= 4 is 38.8 Å². The first-order valence-corrected chi connectivity index (χ1v) is 25.2. The first kappa shape index (κ1) is 36.3. The van der Waals surface area contributed by atoms with Crippen LogP contribution in [0.2, 0.25) is 51.4 Å². The second-order valence-electron chi connectivity index (χ2n) is 17.0. The van der Waals surface area contributed by atoms with Crippen LogP contribution in [-0.4, -0.2) is 91.8 Å². The lowest BCUT2D eigenvalue weighted by atomic mass is 9.87. The van der Waals surface area contributed by atoms with Crippen molar-refractivity contribution in [2.75, 3.05) is 44.8 Å². The van der Waals surface area contributed by atoms with E-state index in [1.54, 1.807) is 11.5 Å². The topological polar surface area (TPSA) is 95.7 Å². The van der Waals surface area contributed by atoms with Gasteiger partial charge in [-0.3, -0.25) is 14.3 Å². The number of anilines is 1. The van der Waals surface area contributed by atoms with E-state index >= 15 is 8.78 Å². The SMILES string of the molecule is CC(C(=O)Nc1cc2c(nc(-c3nn(COCC[Si](C)(C)C)c4c3C[C@@H]3C[C@]3(C)C4)n2COCC[Si](C)(C)C)c(F)c1F)N1CCOCC1. The molecule has 10 nitrogen and oxygen atoms in total. The van der Waals surface area contributed by atoms with E-state index in [9.17, 15) is 4.79 Å². The Morgan fingerprint density at radius 1 is 1.06 bits per heavy atom. The average Bonchev–Trinajstić information content (AvgIpc) is 3.40. The van der Waals surface area contributed by atoms with Gasteiger partial charge in [-0.05, 0) is 55.7 Å². The van der Waals surface area contributed by atoms with Gasteiger partial charge in [0.15, 0.2) is 17.5 Å². The van der Waals surface area contributed by atoms with E-state index in [0.29, 0.717) is 69.2 Å². The lowest BCUT2D eigenvalue weighted by Gasteiger charge is -2.31. The molecule has 1 saturated carbocycles. The molecule has 49 heavy (non-hydrogen) atoms. The van der Waals surface area contributed by atoms with Crippen LogP contribution in [-0.2, 0) is 45.3 Å². The molecule has 3 atom stereocenters. The Bertz CT molecular complexity index is 1690. The Morgan fingerprint density at radius 3 is 2.37 bits per heavy atom. The third kappa shape index (κ3) is 8.04. The number of ether oxygens (including phenoxy) is 3. The minimum Gasteiger partial charge on any atom is -0.379 e. The predicted octanol–water partition coefficient (Wildman–Crippen LogP) is 6.59. The molecule has 14 heteroatoms. The number of rotatable bonds is 14. The zero-order valence-electron chi connectivity index (χ0n) is 30.5. The van der Waals surface area contributed by atoms with Crippen LogP contribution in [0.1, 0.15) is 31.5 Å². The second-order valence-corrected chi connectivity index (χ2v) is 28.2. The molecule has 1 amide bonds. The molecule has 2 aliphatic carbocycles. The van der Waals surface area contributed by atoms with Gasteiger partial charge in [0, 0.05) is 53.7 Å². The summed E-state index contributed by atoms with van der Waals surface area (Å²) >= 11 is 0. The Labute approximate surface area is 290 Å². The van der Waals surface area contributed by atoms with Crippen LogP contribution in [0.15, 0.2) is 6.07 Å². The van der Waals surface area contributed by atoms with Gasteiger partial charge in [0.25, 0.3) is 0 Å². The minimum atomic E-state index is -1.38. The summed E-state index contributed by atoms with van der Waals surface area (Å²) in [6.45, 7) is 21.8. The van der Waals surface area contributed by atoms with Gasteiger partial charge in [0.2, 0.25) is 5.91 Å². The van der Waals surface area contributed by atoms with Gasteiger partial charge < -0.3 is 19.5 Å². The van der Waals surface area contributed by atoms with Crippen molar-refractivity contribution in [3.05, 3.63) is 29.0 Å². The maximum absolute atomic E-state index is 16.0. The predicted molar refractivity (Wildman–Crippen MR) is 193 cm³/mol. The summed E-state index contributed by atoms with van der Waals surface area (Å²) in [7, 11) is -2.64. The van der Waals surface area contributed by atoms with E-state index in [0.717, 1.165) is 42.6 Å². The fourth-order valence-corrected chi connectivity index (χ4v) is 8.44. The zero-order valence-corrected chi connectivity index (χ0v) is 32.5. The highest BCUT2D eigenvalue weighted by Crippen LogP contribution is 2.60. The summed E-state index contributed by atoms with van der Waals surface area (Å²) in [4.78, 5) is 20.0. The largest absolute Gasteiger partial charge is 0.379 e. The number of aromatic nitrogens is 4. The molecule has 6 rings (SSSR count). The van der Waals surface area contributed by atoms with Crippen molar-refractivity contribution in [3.63, 3.8) is 0 Å². The Hall–Kier alpha value is -2.50. The fourth-order valence-electron chi connectivity index (χ4n) is 6.93. The number of carbonyl (C=O) groups excluding carboxylic acids is 1. The number of nitrogens with one attached hydrogen (secondary N) is 1. The zero-order chi connectivity index (χ0) is 35.3. The Balaban J connectivity index is 1.38. The number of nitrogens with zero attached hydrogens (tertiary/aromatic N) is 5. The van der Waals surface area contributed by atoms with Gasteiger partial charge in [-0.25, -0.2) is 18.4 Å². The van der Waals surface area contributed by atoms with Crippen molar-refractivity contribution in [2.45, 2.75) is 104 Å². The average molecular weight is 717 g/mol. The number of hydrogen-bond donors (Lipinski definition) is 1. The maximum atomic E-state index is 16.0. The summed E-state index contributed by atoms with van der Waals surface area (Å²) in [5.41, 5.74) is 3.16. The number of fused-ring (bicyclic) bond motifs is 3. The maximum Gasteiger partial charge on any atom is 0.241 e. The standard InChI is InChI=1S/C35H54F2N6O4Si2/c1-23(41-9-11-45-12-10-41)34(44)38-26-18-27-32(30(37)29(26)36)39-33(42(27)21-46-13-15-48(3,4)5)31-25-17-24-19-35(24,2)20-28(25)43(40-31)22-47-14-16-49(6,7)8/h18,23-24H,9-17,19-22H2,1-8H3,(H,38,44)/t23?,24-,35-/m1/s1. The number of benzene rings is 1. The molecule has 3 heterocycles. The van der Waals surface area contributed by atoms with Crippen LogP contribution in [0.4, 0.5) is 14.5 Å². The van der Waals surface area contributed by atoms with Gasteiger partial charge >= 0.3 is 0 Å². The van der Waals surface area contributed by atoms with E-state index < -0.39 is 39.7 Å². The van der Waals surface area contributed by atoms with Crippen LogP contribution in [0.25, 0.3) is 22.6 Å². The summed E-state index contributed by atoms with van der Waals surface area (Å²) in [6, 6.07) is 2.96. The fraction of sp³-hybridized carbons (Fsp3) is 0.686. The van der Waals surface area contributed by atoms with E-state index in [4.69, 9.17) is 24.3 Å². The van der Waals surface area contributed by atoms with E-state index in [1.807, 2.05) is 9.58 Å². The lowest BCUT2D eigenvalue weighted by Crippen LogP contribution is -2.47. The van der Waals surface area contributed by atoms with Crippen molar-refractivity contribution in [1.82, 2.24) is 24.2 Å². The summed E-state index contributed by atoms with van der Waals surface area (Å²) in [5.74, 6) is -1.66. The molecule has 1 aromatic carbocycles. The third-order valence-electron chi connectivity index (χ3n) is 10.5. The van der Waals surface area contributed by atoms with Crippen LogP contribution in [0.3, 0.4) is 0 Å². The molecule has 0 bridgehead atoms. The summed E-state index contributed by atoms with van der Waals surface area (Å²) in [5, 5.41) is 7.74. The number of imidazole rings is 1. The number of carbonyl (C=O) groups is 1. The van der Waals surface area contributed by atoms with Crippen LogP contribution in [0, 0.1) is 23.0 Å². The highest BCUT2D eigenvalue weighted by Gasteiger charge is 2.54. The van der Waals surface area contributed by atoms with Crippen molar-refractivity contribution < 1.29 is 27.8 Å². The molecule has 0 radical (unpaired) electrons. The highest BCUT2D eigenvalue weighted by molar-refractivity contribution is 6.76. The molecule has 270 valence electrons. The molecular weight excluding hydrogens is 663 g/mol. The van der Waals surface area contributed by atoms with E-state index in [-0.39, 0.29) is 23.3 Å². The van der Waals surface area contributed by atoms with Gasteiger partial charge in [-0.15, -0.1) is 0 Å². The van der Waals surface area contributed by atoms with E-state index in [2.05, 4.69) is 51.5 Å². The monoisotopic (exact) mass is 716 g/mol. The highest BCUT2D eigenvalue weighted by atomic mass is 28.3. The molecular formula is C35H54F2N6O4Si2. The smallest absolute Gasteiger partial charge is 0.241 e. The first-order valence-electron chi connectivity index (χ1n) is 17.8. The number of hydrogen-bond acceptors (Lipinski definition) is 7. The molecule has 3 aliphatic rings. The molecule has 1 N–H and O–H groups in total. The quantitative estimate of drug-likeness (QED) is 0.149. The van der Waals surface area contributed by atoms with Crippen molar-refractivity contribution in [2.24, 2.45) is 11.3 Å². The van der Waals surface area contributed by atoms with Crippen molar-refractivity contribution in [3.8, 4) is 11.5 Å². The van der Waals surface area contributed by atoms with Crippen LogP contribution >= 0.6 is 0 Å². The molecule has 3 aromatic rings. The second kappa shape index (κ2) is 13.9. The van der Waals surface area contributed by atoms with Gasteiger partial charge in [0.05, 0.1) is 30.5 Å². The molecule has 2 fully saturated rings. The molecule has 1 saturated heterocycles. The third-order valence-corrected chi connectivity index (χ3v) is 13.9. The number of halogens is 2.